The standard InChI is InChI=1S/C10H20N2/c1-7-6-12(9(3)8(7)2)10-4-11-5-10/h7-11H,4-6H2,1-3H3. The first kappa shape index (κ1) is 8.52. The Morgan fingerprint density at radius 2 is 1.83 bits per heavy atom. The van der Waals surface area contributed by atoms with Gasteiger partial charge in [-0.1, -0.05) is 13.8 Å². The maximum absolute atomic E-state index is 3.35. The fraction of sp³-hybridized carbons (Fsp3) is 1.00. The molecular weight excluding hydrogens is 148 g/mol. The molecular formula is C10H20N2. The van der Waals surface area contributed by atoms with E-state index in [4.69, 9.17) is 0 Å². The summed E-state index contributed by atoms with van der Waals surface area (Å²) in [4.78, 5) is 2.69. The van der Waals surface area contributed by atoms with Gasteiger partial charge in [-0.25, -0.2) is 0 Å². The molecule has 2 saturated heterocycles. The molecule has 2 rings (SSSR count). The second kappa shape index (κ2) is 3.00. The summed E-state index contributed by atoms with van der Waals surface area (Å²) in [5.41, 5.74) is 0. The van der Waals surface area contributed by atoms with Gasteiger partial charge in [0.1, 0.15) is 0 Å². The van der Waals surface area contributed by atoms with Crippen LogP contribution >= 0.6 is 0 Å². The van der Waals surface area contributed by atoms with Gasteiger partial charge in [0, 0.05) is 31.7 Å². The quantitative estimate of drug-likeness (QED) is 0.627. The van der Waals surface area contributed by atoms with E-state index in [9.17, 15) is 0 Å². The van der Waals surface area contributed by atoms with Gasteiger partial charge in [0.2, 0.25) is 0 Å². The molecule has 2 fully saturated rings. The summed E-state index contributed by atoms with van der Waals surface area (Å²) in [5, 5.41) is 3.35. The molecule has 3 atom stereocenters. The predicted octanol–water partition coefficient (Wildman–Crippen LogP) is 0.934. The first-order chi connectivity index (χ1) is 5.70. The average Bonchev–Trinajstić information content (AvgIpc) is 2.15. The fourth-order valence-corrected chi connectivity index (χ4v) is 2.43. The lowest BCUT2D eigenvalue weighted by Crippen LogP contribution is -2.58. The molecule has 0 aromatic rings. The van der Waals surface area contributed by atoms with E-state index in [1.165, 1.54) is 19.6 Å². The van der Waals surface area contributed by atoms with Gasteiger partial charge in [-0.3, -0.25) is 4.90 Å². The summed E-state index contributed by atoms with van der Waals surface area (Å²) in [6, 6.07) is 1.64. The third kappa shape index (κ3) is 1.17. The summed E-state index contributed by atoms with van der Waals surface area (Å²) < 4.78 is 0. The van der Waals surface area contributed by atoms with Crippen molar-refractivity contribution in [3.63, 3.8) is 0 Å². The molecule has 0 amide bonds. The van der Waals surface area contributed by atoms with Crippen molar-refractivity contribution < 1.29 is 0 Å². The van der Waals surface area contributed by atoms with Crippen LogP contribution in [0.4, 0.5) is 0 Å². The molecule has 0 aliphatic carbocycles. The molecule has 2 heterocycles. The van der Waals surface area contributed by atoms with Crippen molar-refractivity contribution in [1.82, 2.24) is 10.2 Å². The molecule has 0 bridgehead atoms. The van der Waals surface area contributed by atoms with Crippen LogP contribution in [-0.2, 0) is 0 Å². The van der Waals surface area contributed by atoms with E-state index in [2.05, 4.69) is 31.0 Å². The summed E-state index contributed by atoms with van der Waals surface area (Å²) in [6.45, 7) is 10.9. The van der Waals surface area contributed by atoms with Crippen molar-refractivity contribution in [3.8, 4) is 0 Å². The van der Waals surface area contributed by atoms with Crippen LogP contribution in [0, 0.1) is 11.8 Å². The largest absolute Gasteiger partial charge is 0.314 e. The molecule has 0 aromatic heterocycles. The lowest BCUT2D eigenvalue weighted by atomic mass is 9.95. The summed E-state index contributed by atoms with van der Waals surface area (Å²) in [6.07, 6.45) is 0. The number of hydrogen-bond donors (Lipinski definition) is 1. The molecule has 0 spiro atoms. The molecule has 0 saturated carbocycles. The number of likely N-dealkylation sites (tertiary alicyclic amines) is 1. The summed E-state index contributed by atoms with van der Waals surface area (Å²) in [7, 11) is 0. The number of rotatable bonds is 1. The zero-order chi connectivity index (χ0) is 8.72. The van der Waals surface area contributed by atoms with Crippen LogP contribution in [0.25, 0.3) is 0 Å². The van der Waals surface area contributed by atoms with Gasteiger partial charge in [0.25, 0.3) is 0 Å². The van der Waals surface area contributed by atoms with Gasteiger partial charge in [0.15, 0.2) is 0 Å². The second-order valence-corrected chi connectivity index (χ2v) is 4.59. The van der Waals surface area contributed by atoms with Crippen molar-refractivity contribution in [2.45, 2.75) is 32.9 Å². The summed E-state index contributed by atoms with van der Waals surface area (Å²) >= 11 is 0. The third-order valence-corrected chi connectivity index (χ3v) is 3.91. The minimum Gasteiger partial charge on any atom is -0.314 e. The van der Waals surface area contributed by atoms with Gasteiger partial charge in [-0.15, -0.1) is 0 Å². The fourth-order valence-electron chi connectivity index (χ4n) is 2.43. The first-order valence-corrected chi connectivity index (χ1v) is 5.16. The van der Waals surface area contributed by atoms with Crippen molar-refractivity contribution >= 4 is 0 Å². The lowest BCUT2D eigenvalue weighted by molar-refractivity contribution is 0.129. The SMILES string of the molecule is CC1CN(C2CNC2)C(C)C1C. The maximum atomic E-state index is 3.35. The minimum atomic E-state index is 0.798. The molecule has 2 heteroatoms. The molecule has 12 heavy (non-hydrogen) atoms. The molecule has 0 radical (unpaired) electrons. The Hall–Kier alpha value is -0.0800. The normalized spacial score (nSPS) is 44.8. The van der Waals surface area contributed by atoms with Crippen molar-refractivity contribution in [2.24, 2.45) is 11.8 Å². The highest BCUT2D eigenvalue weighted by Gasteiger charge is 2.38. The van der Waals surface area contributed by atoms with Crippen molar-refractivity contribution in [2.75, 3.05) is 19.6 Å². The first-order valence-electron chi connectivity index (χ1n) is 5.16. The van der Waals surface area contributed by atoms with Crippen LogP contribution in [0.1, 0.15) is 20.8 Å². The van der Waals surface area contributed by atoms with E-state index < -0.39 is 0 Å². The van der Waals surface area contributed by atoms with Crippen LogP contribution in [0.5, 0.6) is 0 Å². The highest BCUT2D eigenvalue weighted by atomic mass is 15.3. The molecule has 1 N–H and O–H groups in total. The third-order valence-electron chi connectivity index (χ3n) is 3.91. The lowest BCUT2D eigenvalue weighted by Gasteiger charge is -2.38. The van der Waals surface area contributed by atoms with E-state index in [0.29, 0.717) is 0 Å². The monoisotopic (exact) mass is 168 g/mol. The van der Waals surface area contributed by atoms with Gasteiger partial charge in [-0.05, 0) is 18.8 Å². The Morgan fingerprint density at radius 1 is 1.17 bits per heavy atom. The van der Waals surface area contributed by atoms with E-state index >= 15 is 0 Å². The van der Waals surface area contributed by atoms with Gasteiger partial charge in [-0.2, -0.15) is 0 Å². The number of hydrogen-bond acceptors (Lipinski definition) is 2. The van der Waals surface area contributed by atoms with Gasteiger partial charge >= 0.3 is 0 Å². The zero-order valence-corrected chi connectivity index (χ0v) is 8.38. The average molecular weight is 168 g/mol. The Morgan fingerprint density at radius 3 is 2.17 bits per heavy atom. The van der Waals surface area contributed by atoms with Crippen LogP contribution < -0.4 is 5.32 Å². The minimum absolute atomic E-state index is 0.798. The van der Waals surface area contributed by atoms with Crippen LogP contribution in [0.15, 0.2) is 0 Å². The Balaban J connectivity index is 1.98. The van der Waals surface area contributed by atoms with Crippen LogP contribution in [0.2, 0.25) is 0 Å². The Bertz CT molecular complexity index is 165. The van der Waals surface area contributed by atoms with Crippen LogP contribution in [-0.4, -0.2) is 36.6 Å². The molecule has 70 valence electrons. The van der Waals surface area contributed by atoms with Crippen LogP contribution in [0.3, 0.4) is 0 Å². The molecule has 0 aromatic carbocycles. The number of nitrogens with one attached hydrogen (secondary N) is 1. The Kier molecular flexibility index (Phi) is 2.13. The summed E-state index contributed by atoms with van der Waals surface area (Å²) in [5.74, 6) is 1.77. The smallest absolute Gasteiger partial charge is 0.0348 e. The highest BCUT2D eigenvalue weighted by molar-refractivity contribution is 4.94. The molecule has 3 unspecified atom stereocenters. The van der Waals surface area contributed by atoms with E-state index in [1.54, 1.807) is 0 Å². The van der Waals surface area contributed by atoms with E-state index in [0.717, 1.165) is 23.9 Å². The topological polar surface area (TPSA) is 15.3 Å². The zero-order valence-electron chi connectivity index (χ0n) is 8.38. The molecule has 2 aliphatic heterocycles. The van der Waals surface area contributed by atoms with E-state index in [-0.39, 0.29) is 0 Å². The van der Waals surface area contributed by atoms with E-state index in [1.807, 2.05) is 0 Å². The number of nitrogens with zero attached hydrogens (tertiary/aromatic N) is 1. The maximum Gasteiger partial charge on any atom is 0.0348 e. The van der Waals surface area contributed by atoms with Crippen molar-refractivity contribution in [3.05, 3.63) is 0 Å². The molecule has 2 aliphatic rings. The van der Waals surface area contributed by atoms with Gasteiger partial charge < -0.3 is 5.32 Å². The van der Waals surface area contributed by atoms with Crippen molar-refractivity contribution in [1.29, 1.82) is 0 Å². The van der Waals surface area contributed by atoms with Gasteiger partial charge in [0.05, 0.1) is 0 Å². The highest BCUT2D eigenvalue weighted by Crippen LogP contribution is 2.31. The second-order valence-electron chi connectivity index (χ2n) is 4.59. The Labute approximate surface area is 75.3 Å². The molecule has 2 nitrogen and oxygen atoms in total. The predicted molar refractivity (Wildman–Crippen MR) is 51.2 cm³/mol.